The van der Waals surface area contributed by atoms with Gasteiger partial charge in [0.15, 0.2) is 11.7 Å². The van der Waals surface area contributed by atoms with E-state index in [0.29, 0.717) is 23.8 Å². The van der Waals surface area contributed by atoms with Crippen molar-refractivity contribution in [3.05, 3.63) is 48.7 Å². The van der Waals surface area contributed by atoms with Crippen LogP contribution in [0.25, 0.3) is 11.3 Å². The van der Waals surface area contributed by atoms with Gasteiger partial charge in [-0.15, -0.1) is 0 Å². The lowest BCUT2D eigenvalue weighted by Gasteiger charge is -2.01. The summed E-state index contributed by atoms with van der Waals surface area (Å²) in [6.07, 6.45) is 5.54. The quantitative estimate of drug-likeness (QED) is 0.730. The summed E-state index contributed by atoms with van der Waals surface area (Å²) in [6.45, 7) is 0. The van der Waals surface area contributed by atoms with Gasteiger partial charge in [-0.05, 0) is 24.3 Å². The average Bonchev–Trinajstić information content (AvgIpc) is 3.25. The van der Waals surface area contributed by atoms with Gasteiger partial charge in [0, 0.05) is 24.6 Å². The van der Waals surface area contributed by atoms with Gasteiger partial charge >= 0.3 is 0 Å². The Morgan fingerprint density at radius 1 is 1.30 bits per heavy atom. The van der Waals surface area contributed by atoms with Gasteiger partial charge < -0.3 is 14.5 Å². The van der Waals surface area contributed by atoms with E-state index in [4.69, 9.17) is 9.15 Å². The molecule has 2 aromatic heterocycles. The number of aromatic amines is 1. The van der Waals surface area contributed by atoms with E-state index in [2.05, 4.69) is 20.5 Å². The van der Waals surface area contributed by atoms with E-state index in [-0.39, 0.29) is 12.3 Å². The van der Waals surface area contributed by atoms with Crippen LogP contribution in [0.2, 0.25) is 0 Å². The second-order valence-corrected chi connectivity index (χ2v) is 4.88. The number of aromatic nitrogens is 3. The molecule has 0 spiro atoms. The number of methoxy groups -OCH3 is 1. The lowest BCUT2D eigenvalue weighted by Crippen LogP contribution is -2.11. The second kappa shape index (κ2) is 6.78. The van der Waals surface area contributed by atoms with Crippen molar-refractivity contribution in [1.82, 2.24) is 15.2 Å². The summed E-state index contributed by atoms with van der Waals surface area (Å²) in [6, 6.07) is 7.51. The largest absolute Gasteiger partial charge is 0.497 e. The summed E-state index contributed by atoms with van der Waals surface area (Å²) in [4.78, 5) is 16.0. The fourth-order valence-corrected chi connectivity index (χ4v) is 2.08. The van der Waals surface area contributed by atoms with Crippen LogP contribution in [-0.4, -0.2) is 28.2 Å². The van der Waals surface area contributed by atoms with Gasteiger partial charge in [0.1, 0.15) is 5.75 Å². The van der Waals surface area contributed by atoms with Crippen molar-refractivity contribution in [1.29, 1.82) is 0 Å². The molecule has 7 nitrogen and oxygen atoms in total. The average molecular weight is 312 g/mol. The predicted octanol–water partition coefficient (Wildman–Crippen LogP) is 2.64. The third kappa shape index (κ3) is 3.76. The van der Waals surface area contributed by atoms with Crippen LogP contribution in [0, 0.1) is 0 Å². The molecular formula is C16H16N4O3. The number of carbonyl (C=O) groups excluding carboxylic acids is 1. The molecule has 3 aromatic rings. The minimum absolute atomic E-state index is 0.115. The minimum Gasteiger partial charge on any atom is -0.497 e. The molecule has 0 aliphatic carbocycles. The van der Waals surface area contributed by atoms with Gasteiger partial charge in [-0.25, -0.2) is 4.98 Å². The van der Waals surface area contributed by atoms with Crippen molar-refractivity contribution < 1.29 is 13.9 Å². The van der Waals surface area contributed by atoms with Gasteiger partial charge in [-0.3, -0.25) is 9.89 Å². The maximum Gasteiger partial charge on any atom is 0.224 e. The number of benzene rings is 1. The molecule has 0 atom stereocenters. The first kappa shape index (κ1) is 14.8. The van der Waals surface area contributed by atoms with E-state index < -0.39 is 0 Å². The molecule has 23 heavy (non-hydrogen) atoms. The van der Waals surface area contributed by atoms with Crippen molar-refractivity contribution in [2.45, 2.75) is 12.8 Å². The number of anilines is 1. The van der Waals surface area contributed by atoms with E-state index in [1.807, 2.05) is 24.3 Å². The Morgan fingerprint density at radius 3 is 2.83 bits per heavy atom. The summed E-state index contributed by atoms with van der Waals surface area (Å²) < 4.78 is 10.8. The van der Waals surface area contributed by atoms with Gasteiger partial charge in [-0.1, -0.05) is 0 Å². The Labute approximate surface area is 132 Å². The van der Waals surface area contributed by atoms with Crippen molar-refractivity contribution in [3.8, 4) is 17.1 Å². The van der Waals surface area contributed by atoms with Gasteiger partial charge in [0.05, 0.1) is 25.2 Å². The molecule has 0 saturated heterocycles. The lowest BCUT2D eigenvalue weighted by molar-refractivity contribution is -0.116. The topological polar surface area (TPSA) is 93.0 Å². The lowest BCUT2D eigenvalue weighted by atomic mass is 10.2. The van der Waals surface area contributed by atoms with Crippen molar-refractivity contribution in [2.24, 2.45) is 0 Å². The summed E-state index contributed by atoms with van der Waals surface area (Å²) in [5, 5.41) is 9.12. The zero-order valence-electron chi connectivity index (χ0n) is 12.6. The number of hydrogen-bond donors (Lipinski definition) is 2. The van der Waals surface area contributed by atoms with E-state index >= 15 is 0 Å². The van der Waals surface area contributed by atoms with Crippen LogP contribution in [0.4, 0.5) is 5.69 Å². The van der Waals surface area contributed by atoms with Gasteiger partial charge in [-0.2, -0.15) is 5.10 Å². The highest BCUT2D eigenvalue weighted by atomic mass is 16.5. The molecule has 7 heteroatoms. The summed E-state index contributed by atoms with van der Waals surface area (Å²) >= 11 is 0. The second-order valence-electron chi connectivity index (χ2n) is 4.88. The number of aryl methyl sites for hydroxylation is 1. The van der Waals surface area contributed by atoms with Crippen LogP contribution in [0.5, 0.6) is 5.75 Å². The first-order valence-corrected chi connectivity index (χ1v) is 7.12. The molecule has 0 aliphatic rings. The molecular weight excluding hydrogens is 296 g/mol. The van der Waals surface area contributed by atoms with Crippen LogP contribution in [0.1, 0.15) is 12.3 Å². The molecule has 0 saturated carbocycles. The Morgan fingerprint density at radius 2 is 2.13 bits per heavy atom. The maximum atomic E-state index is 11.8. The first-order valence-electron chi connectivity index (χ1n) is 7.12. The number of oxazole rings is 1. The normalized spacial score (nSPS) is 10.5. The van der Waals surface area contributed by atoms with Crippen LogP contribution < -0.4 is 10.1 Å². The SMILES string of the molecule is COc1ccc(-c2cnc(CCC(=O)Nc3cn[nH]c3)o2)cc1. The molecule has 1 amide bonds. The monoisotopic (exact) mass is 312 g/mol. The number of ether oxygens (including phenoxy) is 1. The third-order valence-electron chi connectivity index (χ3n) is 3.28. The molecule has 0 unspecified atom stereocenters. The van der Waals surface area contributed by atoms with E-state index in [1.165, 1.54) is 0 Å². The first-order chi connectivity index (χ1) is 11.2. The molecule has 2 N–H and O–H groups in total. The molecule has 118 valence electrons. The number of carbonyl (C=O) groups is 1. The third-order valence-corrected chi connectivity index (χ3v) is 3.28. The Kier molecular flexibility index (Phi) is 4.37. The number of nitrogens with one attached hydrogen (secondary N) is 2. The molecule has 0 bridgehead atoms. The number of amides is 1. The smallest absolute Gasteiger partial charge is 0.224 e. The number of H-pyrrole nitrogens is 1. The molecule has 3 rings (SSSR count). The summed E-state index contributed by atoms with van der Waals surface area (Å²) in [7, 11) is 1.62. The number of rotatable bonds is 6. The van der Waals surface area contributed by atoms with Crippen molar-refractivity contribution >= 4 is 11.6 Å². The number of hydrogen-bond acceptors (Lipinski definition) is 5. The summed E-state index contributed by atoms with van der Waals surface area (Å²) in [5.41, 5.74) is 1.55. The molecule has 2 heterocycles. The van der Waals surface area contributed by atoms with Crippen LogP contribution in [0.3, 0.4) is 0 Å². The maximum absolute atomic E-state index is 11.8. The fourth-order valence-electron chi connectivity index (χ4n) is 2.08. The van der Waals surface area contributed by atoms with Gasteiger partial charge in [0.25, 0.3) is 0 Å². The van der Waals surface area contributed by atoms with E-state index in [0.717, 1.165) is 11.3 Å². The Bertz CT molecular complexity index is 763. The number of nitrogens with zero attached hydrogens (tertiary/aromatic N) is 2. The predicted molar refractivity (Wildman–Crippen MR) is 84.0 cm³/mol. The Balaban J connectivity index is 1.57. The van der Waals surface area contributed by atoms with E-state index in [9.17, 15) is 4.79 Å². The van der Waals surface area contributed by atoms with Crippen LogP contribution in [0.15, 0.2) is 47.3 Å². The van der Waals surface area contributed by atoms with Crippen molar-refractivity contribution in [2.75, 3.05) is 12.4 Å². The highest BCUT2D eigenvalue weighted by molar-refractivity contribution is 5.90. The minimum atomic E-state index is -0.115. The molecule has 0 radical (unpaired) electrons. The van der Waals surface area contributed by atoms with Crippen molar-refractivity contribution in [3.63, 3.8) is 0 Å². The highest BCUT2D eigenvalue weighted by Gasteiger charge is 2.09. The molecule has 0 aliphatic heterocycles. The standard InChI is InChI=1S/C16H16N4O3/c1-22-13-4-2-11(3-5-13)14-10-17-16(23-14)7-6-15(21)20-12-8-18-19-9-12/h2-5,8-10H,6-7H2,1H3,(H,18,19)(H,20,21). The fraction of sp³-hybridized carbons (Fsp3) is 0.188. The Hall–Kier alpha value is -3.09. The van der Waals surface area contributed by atoms with E-state index in [1.54, 1.807) is 25.7 Å². The highest BCUT2D eigenvalue weighted by Crippen LogP contribution is 2.23. The van der Waals surface area contributed by atoms with Gasteiger partial charge in [0.2, 0.25) is 5.91 Å². The zero-order chi connectivity index (χ0) is 16.1. The summed E-state index contributed by atoms with van der Waals surface area (Å²) in [5.74, 6) is 1.86. The van der Waals surface area contributed by atoms with Crippen LogP contribution in [-0.2, 0) is 11.2 Å². The molecule has 1 aromatic carbocycles. The molecule has 0 fully saturated rings. The zero-order valence-corrected chi connectivity index (χ0v) is 12.6. The van der Waals surface area contributed by atoms with Crippen LogP contribution >= 0.6 is 0 Å².